The predicted molar refractivity (Wildman–Crippen MR) is 113 cm³/mol. The van der Waals surface area contributed by atoms with Crippen LogP contribution in [0.2, 0.25) is 0 Å². The predicted octanol–water partition coefficient (Wildman–Crippen LogP) is 7.49. The second-order valence-corrected chi connectivity index (χ2v) is 7.71. The molecule has 1 saturated carbocycles. The van der Waals surface area contributed by atoms with Crippen molar-refractivity contribution in [2.24, 2.45) is 11.8 Å². The molecule has 0 bridgehead atoms. The molecule has 1 aliphatic rings. The molecule has 0 heterocycles. The van der Waals surface area contributed by atoms with E-state index in [2.05, 4.69) is 18.8 Å². The van der Waals surface area contributed by atoms with E-state index in [4.69, 9.17) is 11.6 Å². The molecule has 0 N–H and O–H groups in total. The Hall–Kier alpha value is -2.11. The molecule has 0 aromatic heterocycles. The molecule has 0 amide bonds. The van der Waals surface area contributed by atoms with Crippen LogP contribution < -0.4 is 0 Å². The molecular formula is C25H25ClF2. The fraction of sp³-hybridized carbons (Fsp3) is 0.360. The summed E-state index contributed by atoms with van der Waals surface area (Å²) < 4.78 is 29.1. The number of rotatable bonds is 4. The largest absolute Gasteiger partial charge is 0.205 e. The Morgan fingerprint density at radius 3 is 2.21 bits per heavy atom. The minimum Gasteiger partial charge on any atom is -0.205 e. The first-order valence-corrected chi connectivity index (χ1v) is 10.4. The highest BCUT2D eigenvalue weighted by molar-refractivity contribution is 6.25. The first-order chi connectivity index (χ1) is 13.6. The van der Waals surface area contributed by atoms with Crippen LogP contribution in [0.1, 0.15) is 50.2 Å². The molecule has 2 aromatic rings. The van der Waals surface area contributed by atoms with Gasteiger partial charge in [-0.1, -0.05) is 67.1 Å². The zero-order chi connectivity index (χ0) is 19.9. The average molecular weight is 399 g/mol. The molecule has 3 rings (SSSR count). The number of aryl methyl sites for hydroxylation is 1. The highest BCUT2D eigenvalue weighted by Crippen LogP contribution is 2.30. The van der Waals surface area contributed by atoms with E-state index in [1.807, 2.05) is 30.3 Å². The Morgan fingerprint density at radius 2 is 1.64 bits per heavy atom. The van der Waals surface area contributed by atoms with E-state index in [0.717, 1.165) is 44.1 Å². The van der Waals surface area contributed by atoms with Gasteiger partial charge in [-0.3, -0.25) is 0 Å². The van der Waals surface area contributed by atoms with Crippen molar-refractivity contribution < 1.29 is 8.78 Å². The van der Waals surface area contributed by atoms with Crippen molar-refractivity contribution in [2.75, 3.05) is 0 Å². The zero-order valence-electron chi connectivity index (χ0n) is 16.2. The first kappa shape index (κ1) is 20.6. The summed E-state index contributed by atoms with van der Waals surface area (Å²) in [5, 5.41) is 0. The van der Waals surface area contributed by atoms with E-state index in [1.165, 1.54) is 17.7 Å². The van der Waals surface area contributed by atoms with Gasteiger partial charge in [0.25, 0.3) is 0 Å². The third kappa shape index (κ3) is 5.24. The number of hydrogen-bond donors (Lipinski definition) is 0. The summed E-state index contributed by atoms with van der Waals surface area (Å²) in [7, 11) is 0. The second kappa shape index (κ2) is 9.89. The van der Waals surface area contributed by atoms with Gasteiger partial charge in [-0.05, 0) is 66.8 Å². The van der Waals surface area contributed by atoms with Crippen molar-refractivity contribution in [3.05, 3.63) is 70.8 Å². The quantitative estimate of drug-likeness (QED) is 0.468. The van der Waals surface area contributed by atoms with Gasteiger partial charge in [-0.15, -0.1) is 0 Å². The van der Waals surface area contributed by atoms with Crippen molar-refractivity contribution in [2.45, 2.75) is 45.4 Å². The number of allylic oxidation sites excluding steroid dienone is 1. The molecule has 2 aromatic carbocycles. The maximum atomic E-state index is 14.5. The smallest absolute Gasteiger partial charge is 0.142 e. The van der Waals surface area contributed by atoms with Crippen molar-refractivity contribution in [3.8, 4) is 23.0 Å². The molecule has 0 saturated heterocycles. The number of benzene rings is 2. The van der Waals surface area contributed by atoms with Gasteiger partial charge in [0.15, 0.2) is 0 Å². The van der Waals surface area contributed by atoms with E-state index in [-0.39, 0.29) is 11.5 Å². The van der Waals surface area contributed by atoms with Crippen molar-refractivity contribution in [1.29, 1.82) is 0 Å². The lowest BCUT2D eigenvalue weighted by Gasteiger charge is -2.22. The number of hydrogen-bond acceptors (Lipinski definition) is 0. The van der Waals surface area contributed by atoms with Crippen molar-refractivity contribution >= 4 is 11.6 Å². The minimum atomic E-state index is -0.598. The van der Waals surface area contributed by atoms with Crippen LogP contribution in [0, 0.1) is 35.3 Å². The highest BCUT2D eigenvalue weighted by Gasteiger charge is 2.18. The molecule has 0 spiro atoms. The minimum absolute atomic E-state index is 0.130. The molecule has 0 radical (unpaired) electrons. The van der Waals surface area contributed by atoms with E-state index in [1.54, 1.807) is 5.54 Å². The van der Waals surface area contributed by atoms with Crippen LogP contribution in [-0.2, 0) is 6.42 Å². The second-order valence-electron chi connectivity index (χ2n) is 7.46. The standard InChI is InChI=1S/C25H25ClF2/c1-2-3-18-8-11-21(12-9-18)22-16-24(27)23(25(28)17-22)13-10-19-4-6-20(7-5-19)14-15-26/h8-9,11-12,14-17,19-20H,2-7H2,1H3/t19-,20-. The van der Waals surface area contributed by atoms with Gasteiger partial charge in [-0.25, -0.2) is 8.78 Å². The Balaban J connectivity index is 1.74. The summed E-state index contributed by atoms with van der Waals surface area (Å²) in [5.74, 6) is 5.31. The van der Waals surface area contributed by atoms with Crippen LogP contribution in [0.25, 0.3) is 11.1 Å². The lowest BCUT2D eigenvalue weighted by Crippen LogP contribution is -2.11. The van der Waals surface area contributed by atoms with Gasteiger partial charge in [0.05, 0.1) is 5.56 Å². The summed E-state index contributed by atoms with van der Waals surface area (Å²) in [5.41, 5.74) is 4.01. The van der Waals surface area contributed by atoms with Crippen LogP contribution in [0.3, 0.4) is 0 Å². The number of halogens is 3. The maximum absolute atomic E-state index is 14.5. The molecular weight excluding hydrogens is 374 g/mol. The summed E-state index contributed by atoms with van der Waals surface area (Å²) >= 11 is 5.63. The summed E-state index contributed by atoms with van der Waals surface area (Å²) in [6, 6.07) is 10.6. The van der Waals surface area contributed by atoms with Gasteiger partial charge in [-0.2, -0.15) is 0 Å². The van der Waals surface area contributed by atoms with E-state index >= 15 is 0 Å². The van der Waals surface area contributed by atoms with Crippen LogP contribution >= 0.6 is 11.6 Å². The fourth-order valence-electron chi connectivity index (χ4n) is 3.74. The Bertz CT molecular complexity index is 856. The fourth-order valence-corrected chi connectivity index (χ4v) is 3.95. The lowest BCUT2D eigenvalue weighted by atomic mass is 9.82. The molecule has 0 atom stereocenters. The van der Waals surface area contributed by atoms with E-state index in [0.29, 0.717) is 11.5 Å². The molecule has 3 heteroatoms. The van der Waals surface area contributed by atoms with Gasteiger partial charge >= 0.3 is 0 Å². The van der Waals surface area contributed by atoms with Crippen LogP contribution in [0.5, 0.6) is 0 Å². The van der Waals surface area contributed by atoms with Crippen molar-refractivity contribution in [3.63, 3.8) is 0 Å². The molecule has 0 aliphatic heterocycles. The summed E-state index contributed by atoms with van der Waals surface area (Å²) in [4.78, 5) is 0. The normalized spacial score (nSPS) is 19.4. The van der Waals surface area contributed by atoms with Crippen LogP contribution in [-0.4, -0.2) is 0 Å². The zero-order valence-corrected chi connectivity index (χ0v) is 16.9. The molecule has 1 aliphatic carbocycles. The molecule has 146 valence electrons. The Kier molecular flexibility index (Phi) is 7.29. The van der Waals surface area contributed by atoms with Gasteiger partial charge < -0.3 is 0 Å². The molecule has 28 heavy (non-hydrogen) atoms. The van der Waals surface area contributed by atoms with Gasteiger partial charge in [0, 0.05) is 11.5 Å². The summed E-state index contributed by atoms with van der Waals surface area (Å²) in [6.07, 6.45) is 7.98. The molecule has 1 fully saturated rings. The topological polar surface area (TPSA) is 0 Å². The van der Waals surface area contributed by atoms with Crippen LogP contribution in [0.4, 0.5) is 8.78 Å². The van der Waals surface area contributed by atoms with E-state index < -0.39 is 11.6 Å². The average Bonchev–Trinajstić information content (AvgIpc) is 2.69. The Morgan fingerprint density at radius 1 is 1.00 bits per heavy atom. The third-order valence-electron chi connectivity index (χ3n) is 5.39. The SMILES string of the molecule is CCCc1ccc(-c2cc(F)c(C#C[C@H]3CC[C@H](C=CCl)CC3)c(F)c2)cc1. The lowest BCUT2D eigenvalue weighted by molar-refractivity contribution is 0.365. The highest BCUT2D eigenvalue weighted by atomic mass is 35.5. The van der Waals surface area contributed by atoms with E-state index in [9.17, 15) is 8.78 Å². The van der Waals surface area contributed by atoms with Crippen LogP contribution in [0.15, 0.2) is 48.0 Å². The first-order valence-electron chi connectivity index (χ1n) is 9.97. The van der Waals surface area contributed by atoms with Gasteiger partial charge in [0.1, 0.15) is 11.6 Å². The van der Waals surface area contributed by atoms with Crippen molar-refractivity contribution in [1.82, 2.24) is 0 Å². The maximum Gasteiger partial charge on any atom is 0.142 e. The summed E-state index contributed by atoms with van der Waals surface area (Å²) in [6.45, 7) is 2.13. The third-order valence-corrected chi connectivity index (χ3v) is 5.53. The molecule has 0 nitrogen and oxygen atoms in total. The monoisotopic (exact) mass is 398 g/mol. The Labute approximate surface area is 171 Å². The molecule has 0 unspecified atom stereocenters. The van der Waals surface area contributed by atoms with Gasteiger partial charge in [0.2, 0.25) is 0 Å².